The molecule has 4 rings (SSSR count). The Hall–Kier alpha value is -2.58. The van der Waals surface area contributed by atoms with E-state index >= 15 is 0 Å². The van der Waals surface area contributed by atoms with Crippen LogP contribution < -0.4 is 4.90 Å². The Morgan fingerprint density at radius 3 is 2.88 bits per heavy atom. The molecule has 0 aliphatic carbocycles. The molecule has 3 heterocycles. The van der Waals surface area contributed by atoms with Gasteiger partial charge in [-0.15, -0.1) is 12.4 Å². The number of aryl methyl sites for hydroxylation is 1. The van der Waals surface area contributed by atoms with Crippen molar-refractivity contribution in [2.45, 2.75) is 25.7 Å². The van der Waals surface area contributed by atoms with Crippen molar-refractivity contribution in [2.24, 2.45) is 0 Å². The maximum absolute atomic E-state index is 9.71. The Kier molecular flexibility index (Phi) is 4.91. The summed E-state index contributed by atoms with van der Waals surface area (Å²) in [6.07, 6.45) is 4.02. The van der Waals surface area contributed by atoms with E-state index in [1.165, 1.54) is 0 Å². The van der Waals surface area contributed by atoms with Gasteiger partial charge in [0.15, 0.2) is 0 Å². The van der Waals surface area contributed by atoms with E-state index in [0.717, 1.165) is 53.9 Å². The first-order chi connectivity index (χ1) is 11.8. The summed E-state index contributed by atoms with van der Waals surface area (Å²) in [6.45, 7) is 3.81. The zero-order chi connectivity index (χ0) is 16.5. The van der Waals surface area contributed by atoms with Gasteiger partial charge in [-0.1, -0.05) is 18.2 Å². The highest BCUT2D eigenvalue weighted by atomic mass is 35.5. The lowest BCUT2D eigenvalue weighted by atomic mass is 9.94. The maximum Gasteiger partial charge on any atom is 0.147 e. The summed E-state index contributed by atoms with van der Waals surface area (Å²) in [7, 11) is 0. The van der Waals surface area contributed by atoms with Gasteiger partial charge in [-0.2, -0.15) is 10.4 Å². The number of nitriles is 1. The van der Waals surface area contributed by atoms with E-state index in [0.29, 0.717) is 11.5 Å². The van der Waals surface area contributed by atoms with Gasteiger partial charge >= 0.3 is 0 Å². The van der Waals surface area contributed by atoms with Crippen molar-refractivity contribution in [3.8, 4) is 6.07 Å². The highest BCUT2D eigenvalue weighted by Gasteiger charge is 2.26. The predicted molar refractivity (Wildman–Crippen MR) is 101 cm³/mol. The van der Waals surface area contributed by atoms with E-state index in [9.17, 15) is 5.26 Å². The first-order valence-electron chi connectivity index (χ1n) is 8.31. The number of pyridine rings is 1. The number of para-hydroxylation sites is 1. The number of halogens is 1. The molecule has 0 saturated carbocycles. The van der Waals surface area contributed by atoms with Crippen LogP contribution in [0.3, 0.4) is 0 Å². The molecule has 6 heteroatoms. The standard InChI is InChI=1S/C19H19N5.ClH/c1-13-15-6-2-3-7-18(15)22-19(16(13)11-20)24-10-4-5-14(12-24)17-8-9-21-23-17;/h2-3,6-9,14H,4-5,10,12H2,1H3,(H,21,23);1H. The van der Waals surface area contributed by atoms with Gasteiger partial charge in [0.25, 0.3) is 0 Å². The molecule has 1 N–H and O–H groups in total. The molecule has 1 atom stereocenters. The molecule has 0 amide bonds. The molecule has 1 unspecified atom stereocenters. The van der Waals surface area contributed by atoms with Crippen LogP contribution in [0.5, 0.6) is 0 Å². The summed E-state index contributed by atoms with van der Waals surface area (Å²) in [5, 5.41) is 17.9. The molecule has 0 radical (unpaired) electrons. The number of aromatic amines is 1. The van der Waals surface area contributed by atoms with Crippen LogP contribution in [0, 0.1) is 18.3 Å². The second kappa shape index (κ2) is 7.12. The fraction of sp³-hybridized carbons (Fsp3) is 0.316. The largest absolute Gasteiger partial charge is 0.355 e. The molecule has 1 fully saturated rings. The van der Waals surface area contributed by atoms with Gasteiger partial charge in [-0.25, -0.2) is 4.98 Å². The Balaban J connectivity index is 0.00000182. The third-order valence-electron chi connectivity index (χ3n) is 4.93. The quantitative estimate of drug-likeness (QED) is 0.757. The number of nitrogens with zero attached hydrogens (tertiary/aromatic N) is 4. The predicted octanol–water partition coefficient (Wildman–Crippen LogP) is 3.94. The van der Waals surface area contributed by atoms with Crippen LogP contribution in [-0.2, 0) is 0 Å². The van der Waals surface area contributed by atoms with Crippen molar-refractivity contribution >= 4 is 29.1 Å². The number of nitrogens with one attached hydrogen (secondary N) is 1. The van der Waals surface area contributed by atoms with Crippen LogP contribution in [0.15, 0.2) is 36.5 Å². The van der Waals surface area contributed by atoms with Gasteiger partial charge in [0, 0.05) is 36.3 Å². The summed E-state index contributed by atoms with van der Waals surface area (Å²) in [5.41, 5.74) is 3.82. The average Bonchev–Trinajstić information content (AvgIpc) is 3.16. The van der Waals surface area contributed by atoms with Gasteiger partial charge in [-0.3, -0.25) is 5.10 Å². The number of aromatic nitrogens is 3. The first-order valence-corrected chi connectivity index (χ1v) is 8.31. The third-order valence-corrected chi connectivity index (χ3v) is 4.93. The Morgan fingerprint density at radius 2 is 2.12 bits per heavy atom. The number of rotatable bonds is 2. The molecule has 25 heavy (non-hydrogen) atoms. The highest BCUT2D eigenvalue weighted by Crippen LogP contribution is 2.33. The lowest BCUT2D eigenvalue weighted by Gasteiger charge is -2.34. The summed E-state index contributed by atoms with van der Waals surface area (Å²) < 4.78 is 0. The fourth-order valence-electron chi connectivity index (χ4n) is 3.64. The molecule has 128 valence electrons. The second-order valence-corrected chi connectivity index (χ2v) is 6.36. The summed E-state index contributed by atoms with van der Waals surface area (Å²) in [6, 6.07) is 12.5. The summed E-state index contributed by atoms with van der Waals surface area (Å²) >= 11 is 0. The number of piperidine rings is 1. The van der Waals surface area contributed by atoms with E-state index in [4.69, 9.17) is 4.98 Å². The topological polar surface area (TPSA) is 68.6 Å². The van der Waals surface area contributed by atoms with Gasteiger partial charge in [0.2, 0.25) is 0 Å². The average molecular weight is 354 g/mol. The molecule has 1 aliphatic rings. The summed E-state index contributed by atoms with van der Waals surface area (Å²) in [4.78, 5) is 7.08. The molecule has 1 aromatic carbocycles. The van der Waals surface area contributed by atoms with Gasteiger partial charge in [-0.05, 0) is 37.5 Å². The lowest BCUT2D eigenvalue weighted by Crippen LogP contribution is -2.35. The maximum atomic E-state index is 9.71. The van der Waals surface area contributed by atoms with Crippen LogP contribution in [0.2, 0.25) is 0 Å². The molecule has 2 aromatic heterocycles. The first kappa shape index (κ1) is 17.2. The third kappa shape index (κ3) is 3.06. The van der Waals surface area contributed by atoms with Crippen molar-refractivity contribution in [2.75, 3.05) is 18.0 Å². The highest BCUT2D eigenvalue weighted by molar-refractivity contribution is 5.87. The number of fused-ring (bicyclic) bond motifs is 1. The van der Waals surface area contributed by atoms with Crippen LogP contribution in [-0.4, -0.2) is 28.3 Å². The van der Waals surface area contributed by atoms with Crippen LogP contribution in [0.1, 0.15) is 35.6 Å². The number of hydrogen-bond donors (Lipinski definition) is 1. The van der Waals surface area contributed by atoms with Gasteiger partial charge < -0.3 is 4.90 Å². The Labute approximate surface area is 153 Å². The molecule has 0 spiro atoms. The van der Waals surface area contributed by atoms with E-state index < -0.39 is 0 Å². The number of benzene rings is 1. The normalized spacial score (nSPS) is 17.1. The SMILES string of the molecule is Cc1c(C#N)c(N2CCCC(c3ccn[nH]3)C2)nc2ccccc12.Cl. The number of H-pyrrole nitrogens is 1. The van der Waals surface area contributed by atoms with Crippen LogP contribution in [0.25, 0.3) is 10.9 Å². The van der Waals surface area contributed by atoms with Crippen molar-refractivity contribution < 1.29 is 0 Å². The van der Waals surface area contributed by atoms with Crippen molar-refractivity contribution in [1.82, 2.24) is 15.2 Å². The molecule has 0 bridgehead atoms. The van der Waals surface area contributed by atoms with Crippen LogP contribution in [0.4, 0.5) is 5.82 Å². The van der Waals surface area contributed by atoms with E-state index in [-0.39, 0.29) is 12.4 Å². The fourth-order valence-corrected chi connectivity index (χ4v) is 3.64. The Morgan fingerprint density at radius 1 is 1.28 bits per heavy atom. The molecule has 3 aromatic rings. The molecule has 5 nitrogen and oxygen atoms in total. The molecular weight excluding hydrogens is 334 g/mol. The monoisotopic (exact) mass is 353 g/mol. The minimum absolute atomic E-state index is 0. The van der Waals surface area contributed by atoms with Crippen LogP contribution >= 0.6 is 12.4 Å². The van der Waals surface area contributed by atoms with Gasteiger partial charge in [0.1, 0.15) is 11.9 Å². The van der Waals surface area contributed by atoms with Crippen molar-refractivity contribution in [3.63, 3.8) is 0 Å². The number of hydrogen-bond acceptors (Lipinski definition) is 4. The Bertz CT molecular complexity index is 913. The molecular formula is C19H20ClN5. The zero-order valence-corrected chi connectivity index (χ0v) is 14.9. The smallest absolute Gasteiger partial charge is 0.147 e. The second-order valence-electron chi connectivity index (χ2n) is 6.36. The number of anilines is 1. The van der Waals surface area contributed by atoms with E-state index in [1.54, 1.807) is 6.20 Å². The van der Waals surface area contributed by atoms with Crippen molar-refractivity contribution in [1.29, 1.82) is 5.26 Å². The molecule has 1 saturated heterocycles. The van der Waals surface area contributed by atoms with E-state index in [1.807, 2.05) is 37.3 Å². The van der Waals surface area contributed by atoms with Gasteiger partial charge in [0.05, 0.1) is 11.1 Å². The minimum atomic E-state index is 0. The summed E-state index contributed by atoms with van der Waals surface area (Å²) in [5.74, 6) is 1.22. The van der Waals surface area contributed by atoms with E-state index in [2.05, 4.69) is 21.2 Å². The minimum Gasteiger partial charge on any atom is -0.355 e. The molecule has 1 aliphatic heterocycles. The zero-order valence-electron chi connectivity index (χ0n) is 14.1. The lowest BCUT2D eigenvalue weighted by molar-refractivity contribution is 0.498. The van der Waals surface area contributed by atoms with Crippen molar-refractivity contribution in [3.05, 3.63) is 53.3 Å².